The Balaban J connectivity index is 1.62. The summed E-state index contributed by atoms with van der Waals surface area (Å²) >= 11 is 0. The quantitative estimate of drug-likeness (QED) is 0.320. The maximum Gasteiger partial charge on any atom is 0.273 e. The number of unbranched alkanes of at least 4 members (excludes halogenated alkanes) is 1. The molecule has 0 bridgehead atoms. The standard InChI is InChI=1S/C28H28N4O4/c1-3-4-15-36-22-10-9-19(16-23(22)35-2)27-24-25(20-7-5-6-8-21(20)33)30-31-26(24)28(34)32(27)17-18-11-13-29-14-12-18/h5-14,16,27,33H,3-4,15,17H2,1-2H3,(H,30,31). The Bertz CT molecular complexity index is 1370. The predicted octanol–water partition coefficient (Wildman–Crippen LogP) is 5.11. The van der Waals surface area contributed by atoms with Gasteiger partial charge in [0, 0.05) is 30.1 Å². The van der Waals surface area contributed by atoms with Crippen LogP contribution in [-0.4, -0.2) is 44.8 Å². The van der Waals surface area contributed by atoms with Crippen molar-refractivity contribution in [2.24, 2.45) is 0 Å². The minimum atomic E-state index is -0.451. The molecule has 0 fully saturated rings. The molecule has 36 heavy (non-hydrogen) atoms. The van der Waals surface area contributed by atoms with E-state index in [-0.39, 0.29) is 11.7 Å². The summed E-state index contributed by atoms with van der Waals surface area (Å²) < 4.78 is 11.6. The van der Waals surface area contributed by atoms with Crippen molar-refractivity contribution in [1.29, 1.82) is 0 Å². The van der Waals surface area contributed by atoms with E-state index in [1.54, 1.807) is 42.6 Å². The molecule has 2 aromatic carbocycles. The van der Waals surface area contributed by atoms with Gasteiger partial charge in [-0.25, -0.2) is 0 Å². The minimum absolute atomic E-state index is 0.0998. The molecule has 2 N–H and O–H groups in total. The van der Waals surface area contributed by atoms with Crippen molar-refractivity contribution in [2.45, 2.75) is 32.4 Å². The Kier molecular flexibility index (Phi) is 6.58. The maximum atomic E-state index is 13.6. The van der Waals surface area contributed by atoms with Crippen LogP contribution in [0.15, 0.2) is 67.0 Å². The van der Waals surface area contributed by atoms with Gasteiger partial charge in [-0.05, 0) is 53.9 Å². The molecule has 0 spiro atoms. The van der Waals surface area contributed by atoms with Crippen LogP contribution in [0.5, 0.6) is 17.2 Å². The average Bonchev–Trinajstić information content (AvgIpc) is 3.44. The van der Waals surface area contributed by atoms with E-state index in [4.69, 9.17) is 9.47 Å². The molecule has 1 unspecified atom stereocenters. The van der Waals surface area contributed by atoms with E-state index < -0.39 is 6.04 Å². The number of hydrogen-bond donors (Lipinski definition) is 2. The Morgan fingerprint density at radius 1 is 1.08 bits per heavy atom. The third-order valence-electron chi connectivity index (χ3n) is 6.38. The third kappa shape index (κ3) is 4.26. The first-order valence-electron chi connectivity index (χ1n) is 12.0. The van der Waals surface area contributed by atoms with Crippen LogP contribution in [0.3, 0.4) is 0 Å². The van der Waals surface area contributed by atoms with Gasteiger partial charge in [-0.3, -0.25) is 14.9 Å². The van der Waals surface area contributed by atoms with Crippen LogP contribution in [0.1, 0.15) is 53.0 Å². The van der Waals surface area contributed by atoms with Gasteiger partial charge in [0.05, 0.1) is 19.8 Å². The van der Waals surface area contributed by atoms with E-state index in [1.807, 2.05) is 36.4 Å². The number of carbonyl (C=O) groups excluding carboxylic acids is 1. The van der Waals surface area contributed by atoms with Gasteiger partial charge in [0.15, 0.2) is 11.5 Å². The van der Waals surface area contributed by atoms with Gasteiger partial charge < -0.3 is 19.5 Å². The van der Waals surface area contributed by atoms with Gasteiger partial charge in [0.2, 0.25) is 0 Å². The lowest BCUT2D eigenvalue weighted by atomic mass is 9.95. The molecular weight excluding hydrogens is 456 g/mol. The number of rotatable bonds is 9. The van der Waals surface area contributed by atoms with Gasteiger partial charge in [-0.15, -0.1) is 0 Å². The lowest BCUT2D eigenvalue weighted by Crippen LogP contribution is -2.29. The number of aromatic hydroxyl groups is 1. The molecule has 4 aromatic rings. The van der Waals surface area contributed by atoms with Gasteiger partial charge >= 0.3 is 0 Å². The molecule has 0 radical (unpaired) electrons. The van der Waals surface area contributed by atoms with Crippen molar-refractivity contribution in [3.63, 3.8) is 0 Å². The molecule has 0 saturated heterocycles. The van der Waals surface area contributed by atoms with E-state index in [2.05, 4.69) is 22.1 Å². The van der Waals surface area contributed by atoms with Crippen molar-refractivity contribution in [2.75, 3.05) is 13.7 Å². The fraction of sp³-hybridized carbons (Fsp3) is 0.250. The molecule has 184 valence electrons. The van der Waals surface area contributed by atoms with E-state index in [0.29, 0.717) is 41.6 Å². The largest absolute Gasteiger partial charge is 0.507 e. The second-order valence-corrected chi connectivity index (χ2v) is 8.68. The SMILES string of the molecule is CCCCOc1ccc(C2c3c(-c4ccccc4O)n[nH]c3C(=O)N2Cc2ccncc2)cc1OC. The molecule has 3 heterocycles. The van der Waals surface area contributed by atoms with Crippen LogP contribution < -0.4 is 9.47 Å². The maximum absolute atomic E-state index is 13.6. The molecule has 1 aliphatic heterocycles. The number of pyridine rings is 1. The topological polar surface area (TPSA) is 101 Å². The van der Waals surface area contributed by atoms with E-state index in [1.165, 1.54) is 0 Å². The molecule has 0 aliphatic carbocycles. The molecule has 5 rings (SSSR count). The first-order valence-corrected chi connectivity index (χ1v) is 12.0. The van der Waals surface area contributed by atoms with Gasteiger partial charge in [0.25, 0.3) is 5.91 Å². The number of benzene rings is 2. The van der Waals surface area contributed by atoms with Crippen molar-refractivity contribution in [1.82, 2.24) is 20.1 Å². The van der Waals surface area contributed by atoms with Crippen molar-refractivity contribution in [3.8, 4) is 28.5 Å². The number of ether oxygens (including phenoxy) is 2. The summed E-state index contributed by atoms with van der Waals surface area (Å²) in [6.07, 6.45) is 5.41. The van der Waals surface area contributed by atoms with Crippen LogP contribution in [0.25, 0.3) is 11.3 Å². The number of amides is 1. The fourth-order valence-corrected chi connectivity index (χ4v) is 4.57. The first kappa shape index (κ1) is 23.4. The molecule has 1 amide bonds. The fourth-order valence-electron chi connectivity index (χ4n) is 4.57. The summed E-state index contributed by atoms with van der Waals surface area (Å²) in [6, 6.07) is 16.1. The number of aromatic amines is 1. The third-order valence-corrected chi connectivity index (χ3v) is 6.38. The highest BCUT2D eigenvalue weighted by atomic mass is 16.5. The summed E-state index contributed by atoms with van der Waals surface area (Å²) in [5, 5.41) is 17.9. The summed E-state index contributed by atoms with van der Waals surface area (Å²) in [7, 11) is 1.61. The predicted molar refractivity (Wildman–Crippen MR) is 135 cm³/mol. The molecule has 0 saturated carbocycles. The van der Waals surface area contributed by atoms with Crippen LogP contribution in [-0.2, 0) is 6.54 Å². The highest BCUT2D eigenvalue weighted by Gasteiger charge is 2.42. The Morgan fingerprint density at radius 2 is 1.89 bits per heavy atom. The second-order valence-electron chi connectivity index (χ2n) is 8.68. The number of carbonyl (C=O) groups is 1. The normalized spacial score (nSPS) is 14.7. The first-order chi connectivity index (χ1) is 17.6. The zero-order valence-corrected chi connectivity index (χ0v) is 20.3. The highest BCUT2D eigenvalue weighted by Crippen LogP contribution is 2.46. The van der Waals surface area contributed by atoms with Gasteiger partial charge in [0.1, 0.15) is 17.1 Å². The second kappa shape index (κ2) is 10.1. The lowest BCUT2D eigenvalue weighted by Gasteiger charge is -2.27. The smallest absolute Gasteiger partial charge is 0.273 e. The lowest BCUT2D eigenvalue weighted by molar-refractivity contribution is 0.0730. The van der Waals surface area contributed by atoms with Crippen LogP contribution in [0, 0.1) is 0 Å². The zero-order valence-electron chi connectivity index (χ0n) is 20.3. The van der Waals surface area contributed by atoms with Crippen LogP contribution >= 0.6 is 0 Å². The Labute approximate surface area is 209 Å². The number of nitrogens with zero attached hydrogens (tertiary/aromatic N) is 3. The number of para-hydroxylation sites is 1. The summed E-state index contributed by atoms with van der Waals surface area (Å²) in [6.45, 7) is 3.10. The van der Waals surface area contributed by atoms with E-state index in [9.17, 15) is 9.90 Å². The summed E-state index contributed by atoms with van der Waals surface area (Å²) in [4.78, 5) is 19.5. The van der Waals surface area contributed by atoms with Gasteiger partial charge in [-0.2, -0.15) is 5.10 Å². The van der Waals surface area contributed by atoms with Crippen molar-refractivity contribution < 1.29 is 19.4 Å². The molecular formula is C28H28N4O4. The minimum Gasteiger partial charge on any atom is -0.507 e. The van der Waals surface area contributed by atoms with E-state index >= 15 is 0 Å². The Morgan fingerprint density at radius 3 is 2.64 bits per heavy atom. The molecule has 1 aliphatic rings. The summed E-state index contributed by atoms with van der Waals surface area (Å²) in [5.41, 5.74) is 4.05. The monoisotopic (exact) mass is 484 g/mol. The number of aromatic nitrogens is 3. The number of H-pyrrole nitrogens is 1. The van der Waals surface area contributed by atoms with Gasteiger partial charge in [-0.1, -0.05) is 31.5 Å². The average molecular weight is 485 g/mol. The number of phenols is 1. The zero-order chi connectivity index (χ0) is 25.1. The van der Waals surface area contributed by atoms with E-state index in [0.717, 1.165) is 29.5 Å². The van der Waals surface area contributed by atoms with Crippen molar-refractivity contribution >= 4 is 5.91 Å². The number of fused-ring (bicyclic) bond motifs is 1. The molecule has 1 atom stereocenters. The number of phenolic OH excluding ortho intramolecular Hbond substituents is 1. The number of nitrogens with one attached hydrogen (secondary N) is 1. The van der Waals surface area contributed by atoms with Crippen molar-refractivity contribution in [3.05, 3.63) is 89.4 Å². The molecule has 8 heteroatoms. The van der Waals surface area contributed by atoms with Crippen LogP contribution in [0.4, 0.5) is 0 Å². The number of methoxy groups -OCH3 is 1. The Hall–Kier alpha value is -4.33. The van der Waals surface area contributed by atoms with Crippen LogP contribution in [0.2, 0.25) is 0 Å². The molecule has 8 nitrogen and oxygen atoms in total. The number of hydrogen-bond acceptors (Lipinski definition) is 6. The molecule has 2 aromatic heterocycles. The highest BCUT2D eigenvalue weighted by molar-refractivity contribution is 6.00. The summed E-state index contributed by atoms with van der Waals surface area (Å²) in [5.74, 6) is 1.19.